The van der Waals surface area contributed by atoms with Crippen LogP contribution < -0.4 is 5.73 Å². The van der Waals surface area contributed by atoms with Crippen LogP contribution in [0.15, 0.2) is 0 Å². The van der Waals surface area contributed by atoms with Crippen molar-refractivity contribution in [3.8, 4) is 0 Å². The summed E-state index contributed by atoms with van der Waals surface area (Å²) >= 11 is 0. The normalized spacial score (nSPS) is 12.3. The molecule has 0 fully saturated rings. The molecule has 1 unspecified atom stereocenters. The monoisotopic (exact) mass is 368 g/mol. The second-order valence-corrected chi connectivity index (χ2v) is 8.28. The highest BCUT2D eigenvalue weighted by molar-refractivity contribution is 5.75. The first kappa shape index (κ1) is 25.4. The van der Waals surface area contributed by atoms with Gasteiger partial charge in [0, 0.05) is 26.1 Å². The molecule has 0 saturated heterocycles. The van der Waals surface area contributed by atoms with Gasteiger partial charge in [0.05, 0.1) is 0 Å². The fourth-order valence-corrected chi connectivity index (χ4v) is 3.36. The van der Waals surface area contributed by atoms with Gasteiger partial charge < -0.3 is 10.6 Å². The molecule has 0 rings (SSSR count). The number of unbranched alkanes of at least 4 members (excludes halogenated alkanes) is 14. The van der Waals surface area contributed by atoms with E-state index in [4.69, 9.17) is 5.73 Å². The van der Waals surface area contributed by atoms with E-state index in [0.29, 0.717) is 6.42 Å². The SMILES string of the molecule is CCCCCCCCCCCCCCCCCC(=O)N(C)CCC(C)N. The Kier molecular flexibility index (Phi) is 18.8. The lowest BCUT2D eigenvalue weighted by Crippen LogP contribution is -2.31. The van der Waals surface area contributed by atoms with Crippen LogP contribution >= 0.6 is 0 Å². The number of hydrogen-bond acceptors (Lipinski definition) is 2. The molecule has 26 heavy (non-hydrogen) atoms. The maximum Gasteiger partial charge on any atom is 0.222 e. The molecule has 2 N–H and O–H groups in total. The molecule has 0 aromatic rings. The first-order valence-corrected chi connectivity index (χ1v) is 11.6. The molecule has 0 radical (unpaired) electrons. The predicted molar refractivity (Wildman–Crippen MR) is 115 cm³/mol. The zero-order valence-corrected chi connectivity index (χ0v) is 18.2. The zero-order chi connectivity index (χ0) is 19.5. The van der Waals surface area contributed by atoms with E-state index in [2.05, 4.69) is 6.92 Å². The Morgan fingerprint density at radius 2 is 1.15 bits per heavy atom. The van der Waals surface area contributed by atoms with E-state index >= 15 is 0 Å². The molecule has 0 spiro atoms. The van der Waals surface area contributed by atoms with Gasteiger partial charge in [-0.15, -0.1) is 0 Å². The molecule has 1 atom stereocenters. The van der Waals surface area contributed by atoms with E-state index in [9.17, 15) is 4.79 Å². The third kappa shape index (κ3) is 18.2. The summed E-state index contributed by atoms with van der Waals surface area (Å²) in [6.45, 7) is 5.06. The average molecular weight is 369 g/mol. The van der Waals surface area contributed by atoms with Crippen molar-refractivity contribution in [2.45, 2.75) is 129 Å². The van der Waals surface area contributed by atoms with E-state index in [1.165, 1.54) is 89.9 Å². The van der Waals surface area contributed by atoms with Crippen molar-refractivity contribution in [3.05, 3.63) is 0 Å². The topological polar surface area (TPSA) is 46.3 Å². The minimum absolute atomic E-state index is 0.177. The lowest BCUT2D eigenvalue weighted by Gasteiger charge is -2.18. The molecule has 0 heterocycles. The summed E-state index contributed by atoms with van der Waals surface area (Å²) in [5.41, 5.74) is 5.74. The number of nitrogens with zero attached hydrogens (tertiary/aromatic N) is 1. The highest BCUT2D eigenvalue weighted by atomic mass is 16.2. The first-order valence-electron chi connectivity index (χ1n) is 11.6. The minimum Gasteiger partial charge on any atom is -0.346 e. The Labute approximate surface area is 164 Å². The highest BCUT2D eigenvalue weighted by Crippen LogP contribution is 2.14. The van der Waals surface area contributed by atoms with E-state index in [1.807, 2.05) is 18.9 Å². The molecule has 0 aliphatic rings. The number of amides is 1. The molecule has 1 amide bonds. The third-order valence-electron chi connectivity index (χ3n) is 5.34. The van der Waals surface area contributed by atoms with Crippen LogP contribution in [0.5, 0.6) is 0 Å². The fraction of sp³-hybridized carbons (Fsp3) is 0.957. The van der Waals surface area contributed by atoms with Gasteiger partial charge in [0.15, 0.2) is 0 Å². The van der Waals surface area contributed by atoms with Crippen molar-refractivity contribution in [2.75, 3.05) is 13.6 Å². The number of hydrogen-bond donors (Lipinski definition) is 1. The fourth-order valence-electron chi connectivity index (χ4n) is 3.36. The quantitative estimate of drug-likeness (QED) is 0.266. The van der Waals surface area contributed by atoms with Crippen molar-refractivity contribution in [3.63, 3.8) is 0 Å². The Hall–Kier alpha value is -0.570. The van der Waals surface area contributed by atoms with E-state index in [1.54, 1.807) is 0 Å². The summed E-state index contributed by atoms with van der Waals surface area (Å²) in [4.78, 5) is 13.8. The predicted octanol–water partition coefficient (Wildman–Crippen LogP) is 6.44. The van der Waals surface area contributed by atoms with Crippen LogP contribution in [-0.4, -0.2) is 30.4 Å². The first-order chi connectivity index (χ1) is 12.6. The lowest BCUT2D eigenvalue weighted by molar-refractivity contribution is -0.130. The Morgan fingerprint density at radius 3 is 1.54 bits per heavy atom. The number of carbonyl (C=O) groups is 1. The van der Waals surface area contributed by atoms with Gasteiger partial charge in [-0.2, -0.15) is 0 Å². The molecule has 3 heteroatoms. The summed E-state index contributed by atoms with van der Waals surface area (Å²) in [6.07, 6.45) is 22.0. The van der Waals surface area contributed by atoms with Crippen LogP contribution in [0.2, 0.25) is 0 Å². The van der Waals surface area contributed by atoms with Gasteiger partial charge in [-0.1, -0.05) is 96.8 Å². The number of nitrogens with two attached hydrogens (primary N) is 1. The van der Waals surface area contributed by atoms with Gasteiger partial charge in [0.25, 0.3) is 0 Å². The number of rotatable bonds is 19. The smallest absolute Gasteiger partial charge is 0.222 e. The van der Waals surface area contributed by atoms with E-state index in [-0.39, 0.29) is 11.9 Å². The van der Waals surface area contributed by atoms with E-state index in [0.717, 1.165) is 19.4 Å². The number of carbonyl (C=O) groups excluding carboxylic acids is 1. The summed E-state index contributed by atoms with van der Waals surface area (Å²) in [6, 6.07) is 0.177. The van der Waals surface area contributed by atoms with Gasteiger partial charge in [-0.3, -0.25) is 4.79 Å². The van der Waals surface area contributed by atoms with Crippen molar-refractivity contribution in [2.24, 2.45) is 5.73 Å². The third-order valence-corrected chi connectivity index (χ3v) is 5.34. The van der Waals surface area contributed by atoms with Crippen molar-refractivity contribution in [1.82, 2.24) is 4.90 Å². The van der Waals surface area contributed by atoms with Gasteiger partial charge in [-0.25, -0.2) is 0 Å². The van der Waals surface area contributed by atoms with E-state index < -0.39 is 0 Å². The average Bonchev–Trinajstić information content (AvgIpc) is 2.62. The Balaban J connectivity index is 3.23. The molecular weight excluding hydrogens is 320 g/mol. The van der Waals surface area contributed by atoms with Crippen LogP contribution in [0.3, 0.4) is 0 Å². The molecule has 0 saturated carbocycles. The molecule has 156 valence electrons. The minimum atomic E-state index is 0.177. The highest BCUT2D eigenvalue weighted by Gasteiger charge is 2.08. The molecule has 0 aliphatic carbocycles. The summed E-state index contributed by atoms with van der Waals surface area (Å²) in [7, 11) is 1.90. The maximum atomic E-state index is 12.0. The van der Waals surface area contributed by atoms with Crippen LogP contribution in [0.25, 0.3) is 0 Å². The Morgan fingerprint density at radius 1 is 0.769 bits per heavy atom. The maximum absolute atomic E-state index is 12.0. The lowest BCUT2D eigenvalue weighted by atomic mass is 10.0. The van der Waals surface area contributed by atoms with Crippen LogP contribution in [0.1, 0.15) is 123 Å². The van der Waals surface area contributed by atoms with Crippen LogP contribution in [0.4, 0.5) is 0 Å². The van der Waals surface area contributed by atoms with Gasteiger partial charge in [0.2, 0.25) is 5.91 Å². The zero-order valence-electron chi connectivity index (χ0n) is 18.2. The molecule has 0 aromatic heterocycles. The summed E-state index contributed by atoms with van der Waals surface area (Å²) < 4.78 is 0. The molecule has 3 nitrogen and oxygen atoms in total. The molecule has 0 aromatic carbocycles. The molecule has 0 bridgehead atoms. The van der Waals surface area contributed by atoms with Crippen LogP contribution in [-0.2, 0) is 4.79 Å². The van der Waals surface area contributed by atoms with Crippen molar-refractivity contribution >= 4 is 5.91 Å². The van der Waals surface area contributed by atoms with Crippen LogP contribution in [0, 0.1) is 0 Å². The largest absolute Gasteiger partial charge is 0.346 e. The molecular formula is C23H48N2O. The van der Waals surface area contributed by atoms with Crippen molar-refractivity contribution in [1.29, 1.82) is 0 Å². The Bertz CT molecular complexity index is 305. The summed E-state index contributed by atoms with van der Waals surface area (Å²) in [5, 5.41) is 0. The second-order valence-electron chi connectivity index (χ2n) is 8.28. The van der Waals surface area contributed by atoms with Crippen molar-refractivity contribution < 1.29 is 4.79 Å². The standard InChI is InChI=1S/C23H48N2O/c1-4-5-6-7-8-9-10-11-12-13-14-15-16-17-18-19-23(26)25(3)21-20-22(2)24/h22H,4-21,24H2,1-3H3. The molecule has 0 aliphatic heterocycles. The van der Waals surface area contributed by atoms with Gasteiger partial charge >= 0.3 is 0 Å². The summed E-state index contributed by atoms with van der Waals surface area (Å²) in [5.74, 6) is 0.278. The van der Waals surface area contributed by atoms with Gasteiger partial charge in [-0.05, 0) is 19.8 Å². The second kappa shape index (κ2) is 19.2. The van der Waals surface area contributed by atoms with Gasteiger partial charge in [0.1, 0.15) is 0 Å².